The standard InChI is InChI=1S/C8H4BrFN4S/c9-8-13-7-5(10)1-4(3-12-14-11)2-6(7)15-8/h1-2H,3H2. The second-order valence-electron chi connectivity index (χ2n) is 2.78. The summed E-state index contributed by atoms with van der Waals surface area (Å²) in [5, 5.41) is 3.38. The second kappa shape index (κ2) is 4.14. The summed E-state index contributed by atoms with van der Waals surface area (Å²) < 4.78 is 14.9. The molecule has 15 heavy (non-hydrogen) atoms. The fourth-order valence-electron chi connectivity index (χ4n) is 1.22. The third kappa shape index (κ3) is 2.09. The van der Waals surface area contributed by atoms with Crippen molar-refractivity contribution in [3.63, 3.8) is 0 Å². The van der Waals surface area contributed by atoms with Crippen molar-refractivity contribution in [2.45, 2.75) is 6.54 Å². The average molecular weight is 287 g/mol. The maximum Gasteiger partial charge on any atom is 0.160 e. The van der Waals surface area contributed by atoms with Crippen molar-refractivity contribution in [1.82, 2.24) is 4.98 Å². The first-order valence-corrected chi connectivity index (χ1v) is 5.57. The lowest BCUT2D eigenvalue weighted by Crippen LogP contribution is -1.84. The van der Waals surface area contributed by atoms with Gasteiger partial charge in [0, 0.05) is 4.91 Å². The second-order valence-corrected chi connectivity index (χ2v) is 5.09. The Morgan fingerprint density at radius 3 is 3.13 bits per heavy atom. The van der Waals surface area contributed by atoms with Crippen molar-refractivity contribution in [3.8, 4) is 0 Å². The first-order valence-electron chi connectivity index (χ1n) is 3.96. The molecule has 7 heteroatoms. The van der Waals surface area contributed by atoms with Crippen molar-refractivity contribution < 1.29 is 4.39 Å². The molecule has 1 heterocycles. The molecule has 1 aromatic carbocycles. The van der Waals surface area contributed by atoms with Crippen LogP contribution in [0.5, 0.6) is 0 Å². The van der Waals surface area contributed by atoms with Gasteiger partial charge in [0.25, 0.3) is 0 Å². The topological polar surface area (TPSA) is 61.7 Å². The van der Waals surface area contributed by atoms with Crippen molar-refractivity contribution >= 4 is 37.5 Å². The molecule has 2 aromatic rings. The predicted molar refractivity (Wildman–Crippen MR) is 60.1 cm³/mol. The number of aromatic nitrogens is 1. The van der Waals surface area contributed by atoms with Crippen molar-refractivity contribution in [3.05, 3.63) is 37.9 Å². The molecule has 0 aliphatic carbocycles. The van der Waals surface area contributed by atoms with Gasteiger partial charge in [0.1, 0.15) is 5.52 Å². The molecule has 0 saturated heterocycles. The zero-order chi connectivity index (χ0) is 10.8. The molecule has 0 atom stereocenters. The van der Waals surface area contributed by atoms with Crippen LogP contribution in [0.2, 0.25) is 0 Å². The van der Waals surface area contributed by atoms with Gasteiger partial charge in [0.2, 0.25) is 0 Å². The highest BCUT2D eigenvalue weighted by atomic mass is 79.9. The van der Waals surface area contributed by atoms with E-state index in [4.69, 9.17) is 5.53 Å². The Morgan fingerprint density at radius 2 is 2.40 bits per heavy atom. The molecule has 76 valence electrons. The molecule has 0 fully saturated rings. The molecule has 0 radical (unpaired) electrons. The maximum atomic E-state index is 13.5. The van der Waals surface area contributed by atoms with Gasteiger partial charge in [-0.25, -0.2) is 9.37 Å². The maximum absolute atomic E-state index is 13.5. The van der Waals surface area contributed by atoms with Crippen LogP contribution in [-0.4, -0.2) is 4.98 Å². The van der Waals surface area contributed by atoms with Gasteiger partial charge < -0.3 is 0 Å². The van der Waals surface area contributed by atoms with Crippen LogP contribution in [0.4, 0.5) is 4.39 Å². The SMILES string of the molecule is [N-]=[N+]=NCc1cc(F)c2nc(Br)sc2c1. The van der Waals surface area contributed by atoms with Crippen LogP contribution >= 0.6 is 27.3 Å². The van der Waals surface area contributed by atoms with Crippen LogP contribution in [0.25, 0.3) is 20.7 Å². The summed E-state index contributed by atoms with van der Waals surface area (Å²) in [6.07, 6.45) is 0. The van der Waals surface area contributed by atoms with E-state index in [0.717, 1.165) is 4.70 Å². The number of thiazole rings is 1. The molecule has 0 aliphatic heterocycles. The van der Waals surface area contributed by atoms with E-state index in [1.807, 2.05) is 0 Å². The minimum Gasteiger partial charge on any atom is -0.226 e. The lowest BCUT2D eigenvalue weighted by Gasteiger charge is -1.96. The Morgan fingerprint density at radius 1 is 1.60 bits per heavy atom. The molecule has 0 amide bonds. The smallest absolute Gasteiger partial charge is 0.160 e. The number of halogens is 2. The van der Waals surface area contributed by atoms with Gasteiger partial charge in [-0.3, -0.25) is 0 Å². The van der Waals surface area contributed by atoms with E-state index >= 15 is 0 Å². The number of hydrogen-bond acceptors (Lipinski definition) is 3. The first kappa shape index (κ1) is 10.4. The van der Waals surface area contributed by atoms with Gasteiger partial charge in [-0.05, 0) is 39.2 Å². The highest BCUT2D eigenvalue weighted by Gasteiger charge is 2.08. The highest BCUT2D eigenvalue weighted by Crippen LogP contribution is 2.29. The number of rotatable bonds is 2. The molecule has 0 saturated carbocycles. The van der Waals surface area contributed by atoms with Crippen LogP contribution in [0.3, 0.4) is 0 Å². The minimum atomic E-state index is -0.391. The van der Waals surface area contributed by atoms with E-state index in [2.05, 4.69) is 30.9 Å². The lowest BCUT2D eigenvalue weighted by atomic mass is 10.2. The molecule has 4 nitrogen and oxygen atoms in total. The van der Waals surface area contributed by atoms with Crippen LogP contribution in [0.1, 0.15) is 5.56 Å². The van der Waals surface area contributed by atoms with Crippen LogP contribution in [-0.2, 0) is 6.54 Å². The van der Waals surface area contributed by atoms with Crippen molar-refractivity contribution in [2.75, 3.05) is 0 Å². The first-order chi connectivity index (χ1) is 7.20. The molecule has 0 unspecified atom stereocenters. The number of azide groups is 1. The number of benzene rings is 1. The van der Waals surface area contributed by atoms with Gasteiger partial charge in [-0.2, -0.15) is 0 Å². The van der Waals surface area contributed by atoms with E-state index < -0.39 is 5.82 Å². The molecular formula is C8H4BrFN4S. The predicted octanol–water partition coefficient (Wildman–Crippen LogP) is 4.01. The monoisotopic (exact) mass is 286 g/mol. The van der Waals surface area contributed by atoms with E-state index in [0.29, 0.717) is 15.0 Å². The molecule has 2 rings (SSSR count). The van der Waals surface area contributed by atoms with Gasteiger partial charge in [-0.1, -0.05) is 5.11 Å². The Labute approximate surface area is 96.5 Å². The van der Waals surface area contributed by atoms with E-state index in [1.54, 1.807) is 6.07 Å². The lowest BCUT2D eigenvalue weighted by molar-refractivity contribution is 0.635. The van der Waals surface area contributed by atoms with Crippen LogP contribution in [0.15, 0.2) is 21.2 Å². The summed E-state index contributed by atoms with van der Waals surface area (Å²) >= 11 is 4.54. The third-order valence-corrected chi connectivity index (χ3v) is 3.25. The largest absolute Gasteiger partial charge is 0.226 e. The van der Waals surface area contributed by atoms with Gasteiger partial charge in [0.05, 0.1) is 11.2 Å². The van der Waals surface area contributed by atoms with Gasteiger partial charge >= 0.3 is 0 Å². The van der Waals surface area contributed by atoms with Crippen molar-refractivity contribution in [2.24, 2.45) is 5.11 Å². The molecule has 1 aromatic heterocycles. The summed E-state index contributed by atoms with van der Waals surface area (Å²) in [5.74, 6) is -0.391. The normalized spacial score (nSPS) is 10.3. The van der Waals surface area contributed by atoms with Gasteiger partial charge in [-0.15, -0.1) is 11.3 Å². The number of nitrogens with zero attached hydrogens (tertiary/aromatic N) is 4. The van der Waals surface area contributed by atoms with Gasteiger partial charge in [0.15, 0.2) is 9.73 Å². The summed E-state index contributed by atoms with van der Waals surface area (Å²) in [5.41, 5.74) is 9.15. The number of hydrogen-bond donors (Lipinski definition) is 0. The zero-order valence-corrected chi connectivity index (χ0v) is 9.72. The summed E-state index contributed by atoms with van der Waals surface area (Å²) in [6, 6.07) is 3.11. The van der Waals surface area contributed by atoms with E-state index in [9.17, 15) is 4.39 Å². The number of fused-ring (bicyclic) bond motifs is 1. The Hall–Kier alpha value is -1.17. The molecule has 0 bridgehead atoms. The van der Waals surface area contributed by atoms with Crippen LogP contribution < -0.4 is 0 Å². The Kier molecular flexibility index (Phi) is 2.86. The summed E-state index contributed by atoms with van der Waals surface area (Å²) in [7, 11) is 0. The molecule has 0 N–H and O–H groups in total. The zero-order valence-electron chi connectivity index (χ0n) is 7.31. The summed E-state index contributed by atoms with van der Waals surface area (Å²) in [4.78, 5) is 6.62. The fourth-order valence-corrected chi connectivity index (χ4v) is 2.69. The average Bonchev–Trinajstić information content (AvgIpc) is 2.56. The molecule has 0 aliphatic rings. The van der Waals surface area contributed by atoms with E-state index in [-0.39, 0.29) is 6.54 Å². The summed E-state index contributed by atoms with van der Waals surface area (Å²) in [6.45, 7) is 0.152. The van der Waals surface area contributed by atoms with Crippen molar-refractivity contribution in [1.29, 1.82) is 0 Å². The highest BCUT2D eigenvalue weighted by molar-refractivity contribution is 9.11. The Bertz CT molecular complexity index is 561. The minimum absolute atomic E-state index is 0.152. The van der Waals surface area contributed by atoms with E-state index in [1.165, 1.54) is 17.4 Å². The van der Waals surface area contributed by atoms with Crippen LogP contribution in [0, 0.1) is 5.82 Å². The third-order valence-electron chi connectivity index (χ3n) is 1.80. The quantitative estimate of drug-likeness (QED) is 0.467. The molecular weight excluding hydrogens is 283 g/mol. The fraction of sp³-hybridized carbons (Fsp3) is 0.125. The Balaban J connectivity index is 2.55. The molecule has 0 spiro atoms.